The minimum absolute atomic E-state index is 0.470. The summed E-state index contributed by atoms with van der Waals surface area (Å²) in [6.45, 7) is 3.77. The highest BCUT2D eigenvalue weighted by Gasteiger charge is 2.31. The van der Waals surface area contributed by atoms with Crippen LogP contribution in [0.15, 0.2) is 12.5 Å². The van der Waals surface area contributed by atoms with Crippen molar-refractivity contribution in [1.82, 2.24) is 9.97 Å². The van der Waals surface area contributed by atoms with Crippen LogP contribution in [0, 0.1) is 5.92 Å². The first-order chi connectivity index (χ1) is 8.27. The predicted octanol–water partition coefficient (Wildman–Crippen LogP) is 2.08. The molecule has 1 heterocycles. The van der Waals surface area contributed by atoms with Gasteiger partial charge in [0.15, 0.2) is 5.82 Å². The van der Waals surface area contributed by atoms with E-state index in [2.05, 4.69) is 21.8 Å². The summed E-state index contributed by atoms with van der Waals surface area (Å²) in [6, 6.07) is 0.470. The maximum atomic E-state index is 6.17. The Labute approximate surface area is 107 Å². The largest absolute Gasteiger partial charge is 0.352 e. The third-order valence-corrected chi connectivity index (χ3v) is 3.85. The molecule has 2 N–H and O–H groups in total. The zero-order valence-electron chi connectivity index (χ0n) is 10.1. The van der Waals surface area contributed by atoms with E-state index in [0.717, 1.165) is 18.9 Å². The van der Waals surface area contributed by atoms with Crippen LogP contribution in [-0.2, 0) is 0 Å². The average Bonchev–Trinajstić information content (AvgIpc) is 2.81. The minimum Gasteiger partial charge on any atom is -0.352 e. The van der Waals surface area contributed by atoms with Crippen molar-refractivity contribution in [3.05, 3.63) is 17.5 Å². The lowest BCUT2D eigenvalue weighted by molar-refractivity contribution is 0.459. The van der Waals surface area contributed by atoms with Crippen molar-refractivity contribution in [2.75, 3.05) is 18.0 Å². The number of nitrogens with two attached hydrogens (primary N) is 1. The second kappa shape index (κ2) is 5.65. The van der Waals surface area contributed by atoms with Crippen LogP contribution in [0.1, 0.15) is 26.2 Å². The van der Waals surface area contributed by atoms with Gasteiger partial charge in [-0.05, 0) is 32.2 Å². The van der Waals surface area contributed by atoms with E-state index in [0.29, 0.717) is 17.0 Å². The molecule has 0 saturated heterocycles. The molecule has 5 heteroatoms. The fraction of sp³-hybridized carbons (Fsp3) is 0.667. The molecule has 0 amide bonds. The molecular weight excluding hydrogens is 236 g/mol. The van der Waals surface area contributed by atoms with Crippen LogP contribution in [0.4, 0.5) is 5.82 Å². The van der Waals surface area contributed by atoms with Gasteiger partial charge in [-0.3, -0.25) is 0 Å². The van der Waals surface area contributed by atoms with Crippen molar-refractivity contribution >= 4 is 17.4 Å². The van der Waals surface area contributed by atoms with Crippen molar-refractivity contribution < 1.29 is 0 Å². The van der Waals surface area contributed by atoms with E-state index in [4.69, 9.17) is 17.3 Å². The van der Waals surface area contributed by atoms with Crippen LogP contribution in [0.2, 0.25) is 5.02 Å². The van der Waals surface area contributed by atoms with Crippen LogP contribution in [0.3, 0.4) is 0 Å². The van der Waals surface area contributed by atoms with Crippen molar-refractivity contribution in [3.8, 4) is 0 Å². The molecule has 0 aliphatic heterocycles. The van der Waals surface area contributed by atoms with Crippen LogP contribution in [-0.4, -0.2) is 29.1 Å². The maximum absolute atomic E-state index is 6.17. The van der Waals surface area contributed by atoms with Gasteiger partial charge in [0.1, 0.15) is 11.3 Å². The second-order valence-corrected chi connectivity index (χ2v) is 4.88. The lowest BCUT2D eigenvalue weighted by Crippen LogP contribution is -2.41. The molecule has 17 heavy (non-hydrogen) atoms. The normalized spacial score (nSPS) is 23.9. The van der Waals surface area contributed by atoms with E-state index in [-0.39, 0.29) is 0 Å². The number of rotatable bonds is 4. The van der Waals surface area contributed by atoms with Gasteiger partial charge in [-0.2, -0.15) is 0 Å². The predicted molar refractivity (Wildman–Crippen MR) is 70.2 cm³/mol. The smallest absolute Gasteiger partial charge is 0.151 e. The van der Waals surface area contributed by atoms with Crippen molar-refractivity contribution in [1.29, 1.82) is 0 Å². The van der Waals surface area contributed by atoms with Gasteiger partial charge in [0, 0.05) is 12.6 Å². The zero-order valence-corrected chi connectivity index (χ0v) is 10.9. The number of hydrogen-bond acceptors (Lipinski definition) is 4. The molecule has 2 atom stereocenters. The summed E-state index contributed by atoms with van der Waals surface area (Å²) >= 11 is 6.17. The van der Waals surface area contributed by atoms with E-state index < -0.39 is 0 Å². The summed E-state index contributed by atoms with van der Waals surface area (Å²) in [5.41, 5.74) is 5.84. The third kappa shape index (κ3) is 2.53. The quantitative estimate of drug-likeness (QED) is 0.894. The summed E-state index contributed by atoms with van der Waals surface area (Å²) in [7, 11) is 0. The summed E-state index contributed by atoms with van der Waals surface area (Å²) in [4.78, 5) is 10.5. The Morgan fingerprint density at radius 1 is 1.53 bits per heavy atom. The summed E-state index contributed by atoms with van der Waals surface area (Å²) < 4.78 is 0. The molecule has 94 valence electrons. The Kier molecular flexibility index (Phi) is 4.18. The number of halogens is 1. The summed E-state index contributed by atoms with van der Waals surface area (Å²) in [6.07, 6.45) is 6.83. The lowest BCUT2D eigenvalue weighted by atomic mass is 10.0. The monoisotopic (exact) mass is 254 g/mol. The van der Waals surface area contributed by atoms with Crippen LogP contribution < -0.4 is 10.6 Å². The van der Waals surface area contributed by atoms with Gasteiger partial charge < -0.3 is 10.6 Å². The Bertz CT molecular complexity index is 371. The van der Waals surface area contributed by atoms with E-state index in [1.807, 2.05) is 0 Å². The Hall–Kier alpha value is -0.870. The fourth-order valence-corrected chi connectivity index (χ4v) is 2.98. The molecule has 1 saturated carbocycles. The molecule has 1 fully saturated rings. The highest BCUT2D eigenvalue weighted by molar-refractivity contribution is 6.32. The fourth-order valence-electron chi connectivity index (χ4n) is 2.76. The van der Waals surface area contributed by atoms with Gasteiger partial charge in [0.2, 0.25) is 0 Å². The average molecular weight is 255 g/mol. The molecule has 4 nitrogen and oxygen atoms in total. The molecule has 0 radical (unpaired) electrons. The van der Waals surface area contributed by atoms with Gasteiger partial charge >= 0.3 is 0 Å². The van der Waals surface area contributed by atoms with E-state index in [1.165, 1.54) is 19.3 Å². The molecule has 2 unspecified atom stereocenters. The standard InChI is InChI=1S/C12H19ClN4/c1-2-17(11-5-3-4-9(11)6-14)12-10(13)7-15-8-16-12/h7-9,11H,2-6,14H2,1H3. The summed E-state index contributed by atoms with van der Waals surface area (Å²) in [5.74, 6) is 1.40. The van der Waals surface area contributed by atoms with Crippen molar-refractivity contribution in [2.24, 2.45) is 11.7 Å². The molecule has 0 bridgehead atoms. The van der Waals surface area contributed by atoms with Gasteiger partial charge in [0.05, 0.1) is 6.20 Å². The van der Waals surface area contributed by atoms with E-state index in [9.17, 15) is 0 Å². The molecule has 1 aromatic rings. The molecule has 2 rings (SSSR count). The summed E-state index contributed by atoms with van der Waals surface area (Å²) in [5, 5.41) is 0.622. The molecule has 1 aromatic heterocycles. The first-order valence-corrected chi connectivity index (χ1v) is 6.58. The second-order valence-electron chi connectivity index (χ2n) is 4.47. The van der Waals surface area contributed by atoms with Crippen molar-refractivity contribution in [2.45, 2.75) is 32.2 Å². The molecular formula is C12H19ClN4. The Morgan fingerprint density at radius 2 is 2.35 bits per heavy atom. The van der Waals surface area contributed by atoms with Gasteiger partial charge in [-0.25, -0.2) is 9.97 Å². The molecule has 1 aliphatic rings. The van der Waals surface area contributed by atoms with Gasteiger partial charge in [-0.15, -0.1) is 0 Å². The van der Waals surface area contributed by atoms with Crippen LogP contribution in [0.5, 0.6) is 0 Å². The first kappa shape index (κ1) is 12.6. The minimum atomic E-state index is 0.470. The highest BCUT2D eigenvalue weighted by Crippen LogP contribution is 2.33. The first-order valence-electron chi connectivity index (χ1n) is 6.20. The van der Waals surface area contributed by atoms with Crippen molar-refractivity contribution in [3.63, 3.8) is 0 Å². The number of anilines is 1. The maximum Gasteiger partial charge on any atom is 0.151 e. The van der Waals surface area contributed by atoms with E-state index in [1.54, 1.807) is 12.5 Å². The highest BCUT2D eigenvalue weighted by atomic mass is 35.5. The lowest BCUT2D eigenvalue weighted by Gasteiger charge is -2.33. The number of nitrogens with zero attached hydrogens (tertiary/aromatic N) is 3. The van der Waals surface area contributed by atoms with Crippen LogP contribution >= 0.6 is 11.6 Å². The van der Waals surface area contributed by atoms with Gasteiger partial charge in [-0.1, -0.05) is 18.0 Å². The van der Waals surface area contributed by atoms with Gasteiger partial charge in [0.25, 0.3) is 0 Å². The molecule has 0 aromatic carbocycles. The zero-order chi connectivity index (χ0) is 12.3. The van der Waals surface area contributed by atoms with E-state index >= 15 is 0 Å². The number of hydrogen-bond donors (Lipinski definition) is 1. The number of aromatic nitrogens is 2. The van der Waals surface area contributed by atoms with Crippen LogP contribution in [0.25, 0.3) is 0 Å². The topological polar surface area (TPSA) is 55.0 Å². The third-order valence-electron chi connectivity index (χ3n) is 3.58. The molecule has 1 aliphatic carbocycles. The molecule has 0 spiro atoms. The SMILES string of the molecule is CCN(c1ncncc1Cl)C1CCCC1CN. The Morgan fingerprint density at radius 3 is 3.00 bits per heavy atom. The Balaban J connectivity index is 2.24.